The second kappa shape index (κ2) is 5.98. The van der Waals surface area contributed by atoms with Gasteiger partial charge in [-0.1, -0.05) is 12.1 Å². The SMILES string of the molecule is COc1ccc([C@H]2O[C@@H](CC=O)C[C@@H](C)O2)cc1. The van der Waals surface area contributed by atoms with Gasteiger partial charge >= 0.3 is 0 Å². The summed E-state index contributed by atoms with van der Waals surface area (Å²) in [5.41, 5.74) is 0.943. The minimum absolute atomic E-state index is 0.0571. The maximum Gasteiger partial charge on any atom is 0.184 e. The van der Waals surface area contributed by atoms with E-state index in [0.717, 1.165) is 24.0 Å². The molecular weight excluding hydrogens is 232 g/mol. The summed E-state index contributed by atoms with van der Waals surface area (Å²) < 4.78 is 16.6. The molecule has 0 saturated carbocycles. The molecule has 0 bridgehead atoms. The van der Waals surface area contributed by atoms with Crippen molar-refractivity contribution < 1.29 is 19.0 Å². The van der Waals surface area contributed by atoms with E-state index in [9.17, 15) is 4.79 Å². The van der Waals surface area contributed by atoms with E-state index < -0.39 is 6.29 Å². The monoisotopic (exact) mass is 250 g/mol. The fraction of sp³-hybridized carbons (Fsp3) is 0.500. The van der Waals surface area contributed by atoms with E-state index in [4.69, 9.17) is 14.2 Å². The van der Waals surface area contributed by atoms with Gasteiger partial charge in [-0.15, -0.1) is 0 Å². The average molecular weight is 250 g/mol. The number of methoxy groups -OCH3 is 1. The van der Waals surface area contributed by atoms with E-state index >= 15 is 0 Å². The summed E-state index contributed by atoms with van der Waals surface area (Å²) >= 11 is 0. The molecule has 0 spiro atoms. The largest absolute Gasteiger partial charge is 0.497 e. The van der Waals surface area contributed by atoms with Crippen LogP contribution in [0.4, 0.5) is 0 Å². The molecule has 0 unspecified atom stereocenters. The third kappa shape index (κ3) is 3.09. The molecule has 0 aliphatic carbocycles. The van der Waals surface area contributed by atoms with Crippen LogP contribution in [0, 0.1) is 0 Å². The van der Waals surface area contributed by atoms with Gasteiger partial charge in [0.15, 0.2) is 6.29 Å². The first-order valence-electron chi connectivity index (χ1n) is 6.11. The first kappa shape index (κ1) is 13.1. The molecule has 1 fully saturated rings. The Labute approximate surface area is 107 Å². The molecule has 2 rings (SSSR count). The highest BCUT2D eigenvalue weighted by Crippen LogP contribution is 2.31. The molecule has 1 aromatic rings. The van der Waals surface area contributed by atoms with Crippen molar-refractivity contribution in [2.75, 3.05) is 7.11 Å². The molecular formula is C14H18O4. The highest BCUT2D eigenvalue weighted by molar-refractivity contribution is 5.50. The van der Waals surface area contributed by atoms with Crippen molar-refractivity contribution in [2.24, 2.45) is 0 Å². The van der Waals surface area contributed by atoms with E-state index in [2.05, 4.69) is 0 Å². The van der Waals surface area contributed by atoms with Gasteiger partial charge in [0.05, 0.1) is 19.3 Å². The first-order valence-corrected chi connectivity index (χ1v) is 6.11. The second-order valence-corrected chi connectivity index (χ2v) is 4.45. The smallest absolute Gasteiger partial charge is 0.184 e. The third-order valence-corrected chi connectivity index (χ3v) is 3.01. The molecule has 4 heteroatoms. The standard InChI is InChI=1S/C14H18O4/c1-10-9-13(7-8-15)18-14(17-10)11-3-5-12(16-2)6-4-11/h3-6,8,10,13-14H,7,9H2,1-2H3/t10-,13+,14-/m1/s1. The summed E-state index contributed by atoms with van der Waals surface area (Å²) in [6.07, 6.45) is 1.71. The summed E-state index contributed by atoms with van der Waals surface area (Å²) in [5, 5.41) is 0. The molecule has 1 aromatic carbocycles. The van der Waals surface area contributed by atoms with Crippen molar-refractivity contribution in [3.05, 3.63) is 29.8 Å². The zero-order chi connectivity index (χ0) is 13.0. The normalized spacial score (nSPS) is 27.8. The number of rotatable bonds is 4. The summed E-state index contributed by atoms with van der Waals surface area (Å²) in [7, 11) is 1.63. The second-order valence-electron chi connectivity index (χ2n) is 4.45. The molecule has 0 radical (unpaired) electrons. The fourth-order valence-electron chi connectivity index (χ4n) is 2.08. The van der Waals surface area contributed by atoms with Crippen LogP contribution < -0.4 is 4.74 Å². The molecule has 3 atom stereocenters. The number of hydrogen-bond donors (Lipinski definition) is 0. The Morgan fingerprint density at radius 3 is 2.67 bits per heavy atom. The molecule has 0 N–H and O–H groups in total. The molecule has 0 amide bonds. The summed E-state index contributed by atoms with van der Waals surface area (Å²) in [5.74, 6) is 0.798. The van der Waals surface area contributed by atoms with Crippen LogP contribution in [0.3, 0.4) is 0 Å². The van der Waals surface area contributed by atoms with Crippen LogP contribution in [0.1, 0.15) is 31.6 Å². The summed E-state index contributed by atoms with van der Waals surface area (Å²) in [4.78, 5) is 10.6. The van der Waals surface area contributed by atoms with Gasteiger partial charge in [0.25, 0.3) is 0 Å². The number of ether oxygens (including phenoxy) is 3. The highest BCUT2D eigenvalue weighted by Gasteiger charge is 2.28. The number of hydrogen-bond acceptors (Lipinski definition) is 4. The molecule has 18 heavy (non-hydrogen) atoms. The van der Waals surface area contributed by atoms with E-state index in [-0.39, 0.29) is 12.2 Å². The first-order chi connectivity index (χ1) is 8.72. The average Bonchev–Trinajstić information content (AvgIpc) is 2.38. The van der Waals surface area contributed by atoms with Crippen molar-refractivity contribution in [1.82, 2.24) is 0 Å². The van der Waals surface area contributed by atoms with Gasteiger partial charge in [-0.3, -0.25) is 0 Å². The lowest BCUT2D eigenvalue weighted by molar-refractivity contribution is -0.243. The molecule has 98 valence electrons. The van der Waals surface area contributed by atoms with Gasteiger partial charge in [0, 0.05) is 18.4 Å². The van der Waals surface area contributed by atoms with E-state index in [1.165, 1.54) is 0 Å². The van der Waals surface area contributed by atoms with Crippen molar-refractivity contribution in [3.63, 3.8) is 0 Å². The quantitative estimate of drug-likeness (QED) is 0.770. The molecule has 1 saturated heterocycles. The Morgan fingerprint density at radius 2 is 2.06 bits per heavy atom. The maximum atomic E-state index is 10.6. The molecule has 1 aliphatic heterocycles. The summed E-state index contributed by atoms with van der Waals surface area (Å²) in [6, 6.07) is 7.57. The number of carbonyl (C=O) groups is 1. The zero-order valence-electron chi connectivity index (χ0n) is 10.7. The number of benzene rings is 1. The Hall–Kier alpha value is -1.39. The molecule has 1 aliphatic rings. The van der Waals surface area contributed by atoms with Gasteiger partial charge in [0.1, 0.15) is 12.0 Å². The minimum atomic E-state index is -0.399. The zero-order valence-corrected chi connectivity index (χ0v) is 10.7. The molecule has 4 nitrogen and oxygen atoms in total. The van der Waals surface area contributed by atoms with Crippen LogP contribution in [0.2, 0.25) is 0 Å². The number of aldehydes is 1. The third-order valence-electron chi connectivity index (χ3n) is 3.01. The van der Waals surface area contributed by atoms with Gasteiger partial charge in [-0.05, 0) is 19.1 Å². The Balaban J connectivity index is 2.08. The topological polar surface area (TPSA) is 44.8 Å². The van der Waals surface area contributed by atoms with Gasteiger partial charge in [-0.25, -0.2) is 0 Å². The van der Waals surface area contributed by atoms with E-state index in [1.807, 2.05) is 31.2 Å². The van der Waals surface area contributed by atoms with Crippen LogP contribution in [-0.2, 0) is 14.3 Å². The van der Waals surface area contributed by atoms with Crippen molar-refractivity contribution in [1.29, 1.82) is 0 Å². The van der Waals surface area contributed by atoms with Gasteiger partial charge in [0.2, 0.25) is 0 Å². The number of carbonyl (C=O) groups excluding carboxylic acids is 1. The predicted octanol–water partition coefficient (Wildman–Crippen LogP) is 2.48. The summed E-state index contributed by atoms with van der Waals surface area (Å²) in [6.45, 7) is 2.00. The Morgan fingerprint density at radius 1 is 1.33 bits per heavy atom. The molecule has 0 aromatic heterocycles. The lowest BCUT2D eigenvalue weighted by atomic mass is 10.1. The Kier molecular flexibility index (Phi) is 4.33. The van der Waals surface area contributed by atoms with Crippen LogP contribution >= 0.6 is 0 Å². The lowest BCUT2D eigenvalue weighted by Crippen LogP contribution is -2.32. The Bertz CT molecular complexity index is 387. The van der Waals surface area contributed by atoms with Crippen LogP contribution in [0.5, 0.6) is 5.75 Å². The van der Waals surface area contributed by atoms with Crippen molar-refractivity contribution >= 4 is 6.29 Å². The van der Waals surface area contributed by atoms with Crippen molar-refractivity contribution in [2.45, 2.75) is 38.3 Å². The predicted molar refractivity (Wildman–Crippen MR) is 66.5 cm³/mol. The van der Waals surface area contributed by atoms with Gasteiger partial charge in [-0.2, -0.15) is 0 Å². The van der Waals surface area contributed by atoms with Crippen LogP contribution in [-0.4, -0.2) is 25.6 Å². The van der Waals surface area contributed by atoms with Crippen LogP contribution in [0.15, 0.2) is 24.3 Å². The van der Waals surface area contributed by atoms with Crippen LogP contribution in [0.25, 0.3) is 0 Å². The van der Waals surface area contributed by atoms with Crippen molar-refractivity contribution in [3.8, 4) is 5.75 Å². The highest BCUT2D eigenvalue weighted by atomic mass is 16.7. The van der Waals surface area contributed by atoms with Gasteiger partial charge < -0.3 is 19.0 Å². The minimum Gasteiger partial charge on any atom is -0.497 e. The lowest BCUT2D eigenvalue weighted by Gasteiger charge is -2.33. The molecule has 1 heterocycles. The van der Waals surface area contributed by atoms with E-state index in [1.54, 1.807) is 7.11 Å². The van der Waals surface area contributed by atoms with E-state index in [0.29, 0.717) is 6.42 Å². The fourth-order valence-corrected chi connectivity index (χ4v) is 2.08. The maximum absolute atomic E-state index is 10.6.